The number of rotatable bonds is 3. The van der Waals surface area contributed by atoms with E-state index in [9.17, 15) is 13.2 Å². The Bertz CT molecular complexity index is 987. The highest BCUT2D eigenvalue weighted by atomic mass is 35.5. The Hall–Kier alpha value is -1.42. The van der Waals surface area contributed by atoms with Gasteiger partial charge in [0.1, 0.15) is 5.52 Å². The van der Waals surface area contributed by atoms with Crippen molar-refractivity contribution in [3.63, 3.8) is 0 Å². The quantitative estimate of drug-likeness (QED) is 0.750. The van der Waals surface area contributed by atoms with E-state index in [0.29, 0.717) is 22.5 Å². The van der Waals surface area contributed by atoms with Gasteiger partial charge in [-0.3, -0.25) is 9.52 Å². The van der Waals surface area contributed by atoms with Crippen LogP contribution in [0, 0.1) is 6.92 Å². The molecule has 0 unspecified atom stereocenters. The normalized spacial score (nSPS) is 11.9. The summed E-state index contributed by atoms with van der Waals surface area (Å²) >= 11 is 8.08. The van der Waals surface area contributed by atoms with E-state index in [0.717, 1.165) is 4.70 Å². The molecule has 0 bridgehead atoms. The number of hydrogen-bond donors (Lipinski definition) is 2. The van der Waals surface area contributed by atoms with Crippen LogP contribution < -0.4 is 9.60 Å². The second-order valence-electron chi connectivity index (χ2n) is 4.15. The number of aromatic nitrogens is 2. The number of H-pyrrole nitrogens is 1. The number of halogens is 1. The monoisotopic (exact) mass is 361 g/mol. The standard InChI is InChI=1S/C11H8ClN3O3S3/c1-5-10(20-11(16)14-5)21(17,18)15-8-6(12)2-3-7-9(8)13-4-19-7/h2-4,15H,1H3,(H,14,16). The zero-order chi connectivity index (χ0) is 15.2. The maximum Gasteiger partial charge on any atom is 0.306 e. The van der Waals surface area contributed by atoms with Crippen molar-refractivity contribution < 1.29 is 8.42 Å². The Labute approximate surface area is 132 Å². The Balaban J connectivity index is 2.13. The minimum Gasteiger partial charge on any atom is -0.315 e. The fourth-order valence-corrected chi connectivity index (χ4v) is 5.16. The Morgan fingerprint density at radius 2 is 2.14 bits per heavy atom. The predicted octanol–water partition coefficient (Wildman–Crippen LogP) is 2.81. The number of aromatic amines is 1. The number of hydrogen-bond acceptors (Lipinski definition) is 6. The molecule has 0 spiro atoms. The summed E-state index contributed by atoms with van der Waals surface area (Å²) in [6.07, 6.45) is 0. The molecule has 0 fully saturated rings. The molecule has 10 heteroatoms. The molecule has 0 aliphatic carbocycles. The number of thiazole rings is 2. The first kappa shape index (κ1) is 14.5. The van der Waals surface area contributed by atoms with Gasteiger partial charge in [-0.2, -0.15) is 0 Å². The van der Waals surface area contributed by atoms with Crippen LogP contribution in [0.5, 0.6) is 0 Å². The topological polar surface area (TPSA) is 91.9 Å². The van der Waals surface area contributed by atoms with Gasteiger partial charge in [0, 0.05) is 5.69 Å². The SMILES string of the molecule is Cc1[nH]c(=O)sc1S(=O)(=O)Nc1c(Cl)ccc2scnc12. The van der Waals surface area contributed by atoms with Crippen LogP contribution in [0.2, 0.25) is 5.02 Å². The zero-order valence-corrected chi connectivity index (χ0v) is 13.7. The van der Waals surface area contributed by atoms with Crippen molar-refractivity contribution in [3.8, 4) is 0 Å². The summed E-state index contributed by atoms with van der Waals surface area (Å²) in [4.78, 5) is 17.4. The van der Waals surface area contributed by atoms with Crippen LogP contribution in [0.25, 0.3) is 10.2 Å². The second-order valence-corrected chi connectivity index (χ2v) is 8.31. The summed E-state index contributed by atoms with van der Waals surface area (Å²) in [5.41, 5.74) is 2.60. The summed E-state index contributed by atoms with van der Waals surface area (Å²) in [7, 11) is -3.90. The maximum atomic E-state index is 12.4. The van der Waals surface area contributed by atoms with Crippen LogP contribution in [0.15, 0.2) is 26.6 Å². The van der Waals surface area contributed by atoms with Crippen LogP contribution >= 0.6 is 34.3 Å². The number of anilines is 1. The van der Waals surface area contributed by atoms with Gasteiger partial charge in [-0.1, -0.05) is 22.9 Å². The van der Waals surface area contributed by atoms with Crippen LogP contribution in [-0.2, 0) is 10.0 Å². The summed E-state index contributed by atoms with van der Waals surface area (Å²) in [5.74, 6) is 0. The lowest BCUT2D eigenvalue weighted by molar-refractivity contribution is 0.602. The first-order valence-corrected chi connectivity index (χ1v) is 9.18. The van der Waals surface area contributed by atoms with Gasteiger partial charge in [0.15, 0.2) is 4.21 Å². The van der Waals surface area contributed by atoms with E-state index >= 15 is 0 Å². The molecule has 0 aliphatic rings. The van der Waals surface area contributed by atoms with Crippen molar-refractivity contribution in [1.82, 2.24) is 9.97 Å². The number of benzene rings is 1. The Morgan fingerprint density at radius 3 is 2.81 bits per heavy atom. The molecule has 2 heterocycles. The van der Waals surface area contributed by atoms with Crippen molar-refractivity contribution in [2.45, 2.75) is 11.1 Å². The zero-order valence-electron chi connectivity index (χ0n) is 10.5. The average Bonchev–Trinajstić information content (AvgIpc) is 2.99. The average molecular weight is 362 g/mol. The summed E-state index contributed by atoms with van der Waals surface area (Å²) in [6, 6.07) is 3.37. The van der Waals surface area contributed by atoms with Crippen molar-refractivity contribution in [2.24, 2.45) is 0 Å². The molecule has 0 atom stereocenters. The van der Waals surface area contributed by atoms with Gasteiger partial charge in [0.2, 0.25) is 0 Å². The number of nitrogens with one attached hydrogen (secondary N) is 2. The van der Waals surface area contributed by atoms with Gasteiger partial charge in [0.05, 0.1) is 20.9 Å². The van der Waals surface area contributed by atoms with E-state index in [1.54, 1.807) is 17.6 Å². The largest absolute Gasteiger partial charge is 0.315 e. The lowest BCUT2D eigenvalue weighted by Gasteiger charge is -2.09. The molecule has 110 valence electrons. The molecule has 1 aromatic carbocycles. The van der Waals surface area contributed by atoms with Gasteiger partial charge in [-0.25, -0.2) is 13.4 Å². The Morgan fingerprint density at radius 1 is 1.38 bits per heavy atom. The van der Waals surface area contributed by atoms with E-state index in [2.05, 4.69) is 14.7 Å². The first-order valence-electron chi connectivity index (χ1n) is 5.63. The van der Waals surface area contributed by atoms with Gasteiger partial charge < -0.3 is 4.98 Å². The highest BCUT2D eigenvalue weighted by Crippen LogP contribution is 2.34. The molecule has 6 nitrogen and oxygen atoms in total. The molecular weight excluding hydrogens is 354 g/mol. The molecule has 0 saturated carbocycles. The molecular formula is C11H8ClN3O3S3. The van der Waals surface area contributed by atoms with Crippen LogP contribution in [0.3, 0.4) is 0 Å². The molecule has 0 saturated heterocycles. The van der Waals surface area contributed by atoms with Gasteiger partial charge >= 0.3 is 4.87 Å². The van der Waals surface area contributed by atoms with Crippen molar-refractivity contribution in [3.05, 3.63) is 38.0 Å². The van der Waals surface area contributed by atoms with Gasteiger partial charge in [0.25, 0.3) is 10.0 Å². The summed E-state index contributed by atoms with van der Waals surface area (Å²) < 4.78 is 28.0. The molecule has 3 aromatic rings. The predicted molar refractivity (Wildman–Crippen MR) is 85.1 cm³/mol. The van der Waals surface area contributed by atoms with Crippen molar-refractivity contribution in [2.75, 3.05) is 4.72 Å². The van der Waals surface area contributed by atoms with E-state index in [4.69, 9.17) is 11.6 Å². The number of nitrogens with zero attached hydrogens (tertiary/aromatic N) is 1. The molecule has 2 aromatic heterocycles. The summed E-state index contributed by atoms with van der Waals surface area (Å²) in [6.45, 7) is 1.53. The Kier molecular flexibility index (Phi) is 3.52. The third kappa shape index (κ3) is 2.57. The van der Waals surface area contributed by atoms with E-state index in [-0.39, 0.29) is 14.9 Å². The van der Waals surface area contributed by atoms with Crippen molar-refractivity contribution in [1.29, 1.82) is 0 Å². The maximum absolute atomic E-state index is 12.4. The van der Waals surface area contributed by atoms with Crippen LogP contribution in [-0.4, -0.2) is 18.4 Å². The molecule has 0 radical (unpaired) electrons. The first-order chi connectivity index (χ1) is 9.88. The molecule has 3 rings (SSSR count). The molecule has 0 amide bonds. The third-order valence-corrected chi connectivity index (χ3v) is 6.78. The minimum absolute atomic E-state index is 0.0594. The summed E-state index contributed by atoms with van der Waals surface area (Å²) in [5, 5.41) is 0.248. The second kappa shape index (κ2) is 5.09. The number of fused-ring (bicyclic) bond motifs is 1. The number of aryl methyl sites for hydroxylation is 1. The van der Waals surface area contributed by atoms with Crippen molar-refractivity contribution >= 4 is 60.2 Å². The van der Waals surface area contributed by atoms with Gasteiger partial charge in [-0.15, -0.1) is 11.3 Å². The molecule has 0 aliphatic heterocycles. The van der Waals surface area contributed by atoms with Crippen LogP contribution in [0.1, 0.15) is 5.69 Å². The fourth-order valence-electron chi connectivity index (χ4n) is 1.83. The van der Waals surface area contributed by atoms with E-state index in [1.165, 1.54) is 18.3 Å². The number of sulfonamides is 1. The third-order valence-electron chi connectivity index (χ3n) is 2.71. The lowest BCUT2D eigenvalue weighted by Crippen LogP contribution is -2.13. The van der Waals surface area contributed by atoms with Gasteiger partial charge in [-0.05, 0) is 19.1 Å². The highest BCUT2D eigenvalue weighted by Gasteiger charge is 2.23. The fraction of sp³-hybridized carbons (Fsp3) is 0.0909. The van der Waals surface area contributed by atoms with E-state index in [1.807, 2.05) is 0 Å². The molecule has 2 N–H and O–H groups in total. The lowest BCUT2D eigenvalue weighted by atomic mass is 10.3. The van der Waals surface area contributed by atoms with Crippen LogP contribution in [0.4, 0.5) is 5.69 Å². The molecule has 21 heavy (non-hydrogen) atoms. The van der Waals surface area contributed by atoms with E-state index < -0.39 is 14.9 Å². The smallest absolute Gasteiger partial charge is 0.306 e. The highest BCUT2D eigenvalue weighted by molar-refractivity contribution is 7.94. The minimum atomic E-state index is -3.90.